The van der Waals surface area contributed by atoms with Crippen molar-refractivity contribution in [2.75, 3.05) is 18.0 Å². The third kappa shape index (κ3) is 2.48. The summed E-state index contributed by atoms with van der Waals surface area (Å²) in [4.78, 5) is 11.0. The van der Waals surface area contributed by atoms with E-state index in [1.54, 1.807) is 6.20 Å². The quantitative estimate of drug-likeness (QED) is 0.742. The Labute approximate surface area is 96.1 Å². The van der Waals surface area contributed by atoms with Gasteiger partial charge in [-0.1, -0.05) is 0 Å². The molecule has 1 aliphatic heterocycles. The van der Waals surface area contributed by atoms with Gasteiger partial charge in [0.2, 0.25) is 5.95 Å². The fourth-order valence-electron chi connectivity index (χ4n) is 2.14. The Bertz CT molecular complexity index is 344. The molecule has 2 atom stereocenters. The first kappa shape index (κ1) is 11.3. The van der Waals surface area contributed by atoms with E-state index in [-0.39, 0.29) is 0 Å². The highest BCUT2D eigenvalue weighted by Crippen LogP contribution is 2.12. The van der Waals surface area contributed by atoms with Crippen LogP contribution in [0.25, 0.3) is 0 Å². The zero-order valence-corrected chi connectivity index (χ0v) is 9.85. The number of hydrogen-bond acceptors (Lipinski definition) is 5. The van der Waals surface area contributed by atoms with Crippen LogP contribution in [0.15, 0.2) is 12.3 Å². The van der Waals surface area contributed by atoms with Crippen LogP contribution in [0.1, 0.15) is 19.5 Å². The number of hydrogen-bond donors (Lipinski definition) is 2. The van der Waals surface area contributed by atoms with Crippen molar-refractivity contribution in [1.82, 2.24) is 15.3 Å². The van der Waals surface area contributed by atoms with E-state index in [0.717, 1.165) is 24.7 Å². The highest BCUT2D eigenvalue weighted by molar-refractivity contribution is 5.32. The summed E-state index contributed by atoms with van der Waals surface area (Å²) in [5.74, 6) is 0.795. The summed E-state index contributed by atoms with van der Waals surface area (Å²) in [6.45, 7) is 6.70. The molecule has 0 aromatic carbocycles. The minimum absolute atomic E-state index is 0.465. The second-order valence-corrected chi connectivity index (χ2v) is 4.43. The summed E-state index contributed by atoms with van der Waals surface area (Å²) in [5.41, 5.74) is 6.47. The average Bonchev–Trinajstić information content (AvgIpc) is 2.28. The van der Waals surface area contributed by atoms with Crippen LogP contribution in [-0.4, -0.2) is 35.1 Å². The van der Waals surface area contributed by atoms with Crippen LogP contribution in [-0.2, 0) is 6.54 Å². The molecule has 1 aliphatic rings. The first-order valence-electron chi connectivity index (χ1n) is 5.72. The Kier molecular flexibility index (Phi) is 3.36. The molecule has 1 aromatic heterocycles. The Morgan fingerprint density at radius 2 is 2.12 bits per heavy atom. The third-order valence-corrected chi connectivity index (χ3v) is 2.75. The fraction of sp³-hybridized carbons (Fsp3) is 0.636. The number of anilines is 1. The Hall–Kier alpha value is -1.20. The summed E-state index contributed by atoms with van der Waals surface area (Å²) >= 11 is 0. The monoisotopic (exact) mass is 221 g/mol. The zero-order valence-electron chi connectivity index (χ0n) is 9.85. The second-order valence-electron chi connectivity index (χ2n) is 4.43. The van der Waals surface area contributed by atoms with E-state index in [4.69, 9.17) is 5.73 Å². The van der Waals surface area contributed by atoms with E-state index in [0.29, 0.717) is 18.6 Å². The van der Waals surface area contributed by atoms with Crippen molar-refractivity contribution in [2.45, 2.75) is 32.5 Å². The first-order valence-corrected chi connectivity index (χ1v) is 5.72. The summed E-state index contributed by atoms with van der Waals surface area (Å²) in [6, 6.07) is 2.79. The lowest BCUT2D eigenvalue weighted by molar-refractivity contribution is 0.403. The van der Waals surface area contributed by atoms with Crippen LogP contribution in [0, 0.1) is 0 Å². The molecule has 2 heterocycles. The van der Waals surface area contributed by atoms with E-state index in [9.17, 15) is 0 Å². The molecular formula is C11H19N5. The molecule has 0 radical (unpaired) electrons. The van der Waals surface area contributed by atoms with Crippen molar-refractivity contribution in [3.8, 4) is 0 Å². The van der Waals surface area contributed by atoms with Gasteiger partial charge in [0.1, 0.15) is 0 Å². The summed E-state index contributed by atoms with van der Waals surface area (Å²) < 4.78 is 0. The van der Waals surface area contributed by atoms with Gasteiger partial charge in [-0.2, -0.15) is 0 Å². The van der Waals surface area contributed by atoms with Crippen molar-refractivity contribution in [2.24, 2.45) is 5.73 Å². The average molecular weight is 221 g/mol. The summed E-state index contributed by atoms with van der Waals surface area (Å²) in [6.07, 6.45) is 1.78. The van der Waals surface area contributed by atoms with Gasteiger partial charge < -0.3 is 16.0 Å². The van der Waals surface area contributed by atoms with E-state index in [1.807, 2.05) is 6.07 Å². The van der Waals surface area contributed by atoms with Crippen molar-refractivity contribution in [1.29, 1.82) is 0 Å². The molecule has 1 fully saturated rings. The Balaban J connectivity index is 2.16. The van der Waals surface area contributed by atoms with Gasteiger partial charge in [-0.05, 0) is 19.9 Å². The lowest BCUT2D eigenvalue weighted by Gasteiger charge is -2.36. The summed E-state index contributed by atoms with van der Waals surface area (Å²) in [5, 5.41) is 3.49. The van der Waals surface area contributed by atoms with Crippen LogP contribution in [0.5, 0.6) is 0 Å². The number of aromatic nitrogens is 2. The largest absolute Gasteiger partial charge is 0.338 e. The van der Waals surface area contributed by atoms with Crippen LogP contribution < -0.4 is 16.0 Å². The number of nitrogens with zero attached hydrogens (tertiary/aromatic N) is 3. The number of nitrogens with two attached hydrogens (primary N) is 1. The molecule has 16 heavy (non-hydrogen) atoms. The normalized spacial score (nSPS) is 25.8. The van der Waals surface area contributed by atoms with Gasteiger partial charge >= 0.3 is 0 Å². The van der Waals surface area contributed by atoms with E-state index in [1.165, 1.54) is 0 Å². The van der Waals surface area contributed by atoms with Crippen molar-refractivity contribution in [3.05, 3.63) is 18.0 Å². The fourth-order valence-corrected chi connectivity index (χ4v) is 2.14. The Morgan fingerprint density at radius 3 is 2.75 bits per heavy atom. The molecule has 0 aliphatic carbocycles. The lowest BCUT2D eigenvalue weighted by atomic mass is 10.1. The van der Waals surface area contributed by atoms with Gasteiger partial charge in [-0.15, -0.1) is 0 Å². The molecule has 0 amide bonds. The van der Waals surface area contributed by atoms with Crippen LogP contribution >= 0.6 is 0 Å². The van der Waals surface area contributed by atoms with Gasteiger partial charge in [0, 0.05) is 37.9 Å². The standard InChI is InChI=1S/C11H19N5/c1-8-6-16(7-9(2)14-8)11-13-4-3-10(5-12)15-11/h3-4,8-9,14H,5-7,12H2,1-2H3/t8-,9+. The topological polar surface area (TPSA) is 67.1 Å². The van der Waals surface area contributed by atoms with Crippen molar-refractivity contribution >= 4 is 5.95 Å². The predicted octanol–water partition coefficient (Wildman–Crippen LogP) is 0.122. The third-order valence-electron chi connectivity index (χ3n) is 2.75. The molecule has 0 spiro atoms. The van der Waals surface area contributed by atoms with E-state index in [2.05, 4.69) is 34.0 Å². The van der Waals surface area contributed by atoms with Gasteiger partial charge in [0.15, 0.2) is 0 Å². The highest BCUT2D eigenvalue weighted by Gasteiger charge is 2.22. The minimum Gasteiger partial charge on any atom is -0.338 e. The molecule has 5 nitrogen and oxygen atoms in total. The predicted molar refractivity (Wildman–Crippen MR) is 64.2 cm³/mol. The van der Waals surface area contributed by atoms with Gasteiger partial charge in [-0.25, -0.2) is 9.97 Å². The smallest absolute Gasteiger partial charge is 0.225 e. The van der Waals surface area contributed by atoms with E-state index < -0.39 is 0 Å². The molecule has 5 heteroatoms. The molecule has 3 N–H and O–H groups in total. The highest BCUT2D eigenvalue weighted by atomic mass is 15.3. The first-order chi connectivity index (χ1) is 7.69. The molecule has 1 saturated heterocycles. The molecular weight excluding hydrogens is 202 g/mol. The van der Waals surface area contributed by atoms with Crippen molar-refractivity contribution < 1.29 is 0 Å². The molecule has 0 bridgehead atoms. The molecule has 88 valence electrons. The van der Waals surface area contributed by atoms with Crippen molar-refractivity contribution in [3.63, 3.8) is 0 Å². The van der Waals surface area contributed by atoms with Crippen LogP contribution in [0.2, 0.25) is 0 Å². The van der Waals surface area contributed by atoms with Crippen LogP contribution in [0.3, 0.4) is 0 Å². The number of rotatable bonds is 2. The second kappa shape index (κ2) is 4.76. The number of nitrogens with one attached hydrogen (secondary N) is 1. The lowest BCUT2D eigenvalue weighted by Crippen LogP contribution is -2.54. The van der Waals surface area contributed by atoms with E-state index >= 15 is 0 Å². The molecule has 0 saturated carbocycles. The van der Waals surface area contributed by atoms with Gasteiger partial charge in [0.25, 0.3) is 0 Å². The molecule has 2 rings (SSSR count). The zero-order chi connectivity index (χ0) is 11.5. The van der Waals surface area contributed by atoms with Crippen LogP contribution in [0.4, 0.5) is 5.95 Å². The summed E-state index contributed by atoms with van der Waals surface area (Å²) in [7, 11) is 0. The SMILES string of the molecule is C[C@@H]1CN(c2nccc(CN)n2)C[C@H](C)N1. The number of piperazine rings is 1. The minimum atomic E-state index is 0.465. The molecule has 0 unspecified atom stereocenters. The maximum Gasteiger partial charge on any atom is 0.225 e. The Morgan fingerprint density at radius 1 is 1.44 bits per heavy atom. The molecule has 1 aromatic rings. The van der Waals surface area contributed by atoms with Gasteiger partial charge in [-0.3, -0.25) is 0 Å². The maximum atomic E-state index is 5.58. The maximum absolute atomic E-state index is 5.58. The van der Waals surface area contributed by atoms with Gasteiger partial charge in [0.05, 0.1) is 5.69 Å².